The summed E-state index contributed by atoms with van der Waals surface area (Å²) in [5.41, 5.74) is 6.41. The molecule has 0 spiro atoms. The van der Waals surface area contributed by atoms with Crippen molar-refractivity contribution in [2.45, 2.75) is 13.3 Å². The van der Waals surface area contributed by atoms with E-state index in [4.69, 9.17) is 5.73 Å². The number of carbonyl (C=O) groups is 1. The minimum Gasteiger partial charge on any atom is -0.330 e. The number of benzene rings is 1. The quantitative estimate of drug-likeness (QED) is 0.767. The second kappa shape index (κ2) is 7.29. The highest BCUT2D eigenvalue weighted by Crippen LogP contribution is 2.14. The molecule has 0 aliphatic heterocycles. The Morgan fingerprint density at radius 3 is 2.94 bits per heavy atom. The van der Waals surface area contributed by atoms with E-state index in [9.17, 15) is 9.18 Å². The Kier molecular flexibility index (Phi) is 6.00. The zero-order chi connectivity index (χ0) is 12.7. The number of rotatable bonds is 6. The van der Waals surface area contributed by atoms with E-state index in [0.717, 1.165) is 12.2 Å². The molecule has 94 valence electrons. The molecule has 0 aliphatic carbocycles. The molecule has 1 aromatic rings. The minimum atomic E-state index is -0.307. The maximum absolute atomic E-state index is 13.2. The Morgan fingerprint density at radius 1 is 1.53 bits per heavy atom. The number of amides is 1. The van der Waals surface area contributed by atoms with Crippen LogP contribution >= 0.6 is 11.8 Å². The number of anilines is 1. The summed E-state index contributed by atoms with van der Waals surface area (Å²) in [6, 6.07) is 4.67. The lowest BCUT2D eigenvalue weighted by atomic mass is 10.2. The Labute approximate surface area is 105 Å². The van der Waals surface area contributed by atoms with E-state index in [1.807, 2.05) is 0 Å². The standard InChI is InChI=1S/C12H17FN2OS/c1-9-3-4-10(7-11(9)13)15-12(16)8-17-6-2-5-14/h3-4,7H,2,5-6,8,14H2,1H3,(H,15,16). The Hall–Kier alpha value is -1.07. The number of nitrogens with one attached hydrogen (secondary N) is 1. The molecule has 0 saturated carbocycles. The molecule has 3 N–H and O–H groups in total. The van der Waals surface area contributed by atoms with Crippen molar-refractivity contribution in [3.8, 4) is 0 Å². The molecule has 0 unspecified atom stereocenters. The fraction of sp³-hybridized carbons (Fsp3) is 0.417. The van der Waals surface area contributed by atoms with Crippen molar-refractivity contribution in [3.05, 3.63) is 29.6 Å². The van der Waals surface area contributed by atoms with Crippen molar-refractivity contribution in [1.82, 2.24) is 0 Å². The molecule has 0 bridgehead atoms. The summed E-state index contributed by atoms with van der Waals surface area (Å²) in [6.45, 7) is 2.32. The van der Waals surface area contributed by atoms with Gasteiger partial charge in [0.15, 0.2) is 0 Å². The predicted octanol–water partition coefficient (Wildman–Crippen LogP) is 2.15. The largest absolute Gasteiger partial charge is 0.330 e. The first-order chi connectivity index (χ1) is 8.13. The van der Waals surface area contributed by atoms with Crippen LogP contribution in [0.1, 0.15) is 12.0 Å². The smallest absolute Gasteiger partial charge is 0.234 e. The van der Waals surface area contributed by atoms with E-state index in [-0.39, 0.29) is 11.7 Å². The SMILES string of the molecule is Cc1ccc(NC(=O)CSCCCN)cc1F. The predicted molar refractivity (Wildman–Crippen MR) is 70.8 cm³/mol. The second-order valence-electron chi connectivity index (χ2n) is 3.71. The van der Waals surface area contributed by atoms with Gasteiger partial charge in [0.05, 0.1) is 5.75 Å². The first-order valence-electron chi connectivity index (χ1n) is 5.47. The van der Waals surface area contributed by atoms with Crippen LogP contribution in [-0.2, 0) is 4.79 Å². The highest BCUT2D eigenvalue weighted by molar-refractivity contribution is 7.99. The lowest BCUT2D eigenvalue weighted by Gasteiger charge is -2.06. The van der Waals surface area contributed by atoms with Gasteiger partial charge in [0.2, 0.25) is 5.91 Å². The van der Waals surface area contributed by atoms with E-state index in [0.29, 0.717) is 23.5 Å². The van der Waals surface area contributed by atoms with Gasteiger partial charge in [0, 0.05) is 5.69 Å². The van der Waals surface area contributed by atoms with Crippen molar-refractivity contribution in [3.63, 3.8) is 0 Å². The molecule has 1 amide bonds. The van der Waals surface area contributed by atoms with Crippen LogP contribution in [-0.4, -0.2) is 24.0 Å². The van der Waals surface area contributed by atoms with Crippen molar-refractivity contribution < 1.29 is 9.18 Å². The molecule has 0 aliphatic rings. The van der Waals surface area contributed by atoms with Crippen LogP contribution in [0, 0.1) is 12.7 Å². The maximum atomic E-state index is 13.2. The van der Waals surface area contributed by atoms with E-state index >= 15 is 0 Å². The van der Waals surface area contributed by atoms with Crippen LogP contribution in [0.2, 0.25) is 0 Å². The molecular weight excluding hydrogens is 239 g/mol. The summed E-state index contributed by atoms with van der Waals surface area (Å²) >= 11 is 1.53. The van der Waals surface area contributed by atoms with Gasteiger partial charge in [0.25, 0.3) is 0 Å². The molecule has 0 fully saturated rings. The normalized spacial score (nSPS) is 10.3. The van der Waals surface area contributed by atoms with Crippen molar-refractivity contribution in [1.29, 1.82) is 0 Å². The summed E-state index contributed by atoms with van der Waals surface area (Å²) in [7, 11) is 0. The summed E-state index contributed by atoms with van der Waals surface area (Å²) < 4.78 is 13.2. The molecule has 5 heteroatoms. The number of carbonyl (C=O) groups excluding carboxylic acids is 1. The number of thioether (sulfide) groups is 1. The Morgan fingerprint density at radius 2 is 2.29 bits per heavy atom. The third kappa shape index (κ3) is 5.19. The fourth-order valence-corrected chi connectivity index (χ4v) is 1.99. The molecule has 3 nitrogen and oxygen atoms in total. The van der Waals surface area contributed by atoms with E-state index < -0.39 is 0 Å². The Bertz CT molecular complexity index is 385. The third-order valence-electron chi connectivity index (χ3n) is 2.18. The van der Waals surface area contributed by atoms with Gasteiger partial charge in [-0.25, -0.2) is 4.39 Å². The van der Waals surface area contributed by atoms with Gasteiger partial charge in [-0.1, -0.05) is 6.07 Å². The average molecular weight is 256 g/mol. The first kappa shape index (κ1) is 14.0. The van der Waals surface area contributed by atoms with Crippen LogP contribution in [0.25, 0.3) is 0 Å². The van der Waals surface area contributed by atoms with Gasteiger partial charge in [-0.2, -0.15) is 11.8 Å². The average Bonchev–Trinajstić information content (AvgIpc) is 2.30. The van der Waals surface area contributed by atoms with Gasteiger partial charge < -0.3 is 11.1 Å². The highest BCUT2D eigenvalue weighted by Gasteiger charge is 2.04. The first-order valence-corrected chi connectivity index (χ1v) is 6.62. The van der Waals surface area contributed by atoms with Gasteiger partial charge in [-0.05, 0) is 43.3 Å². The number of hydrogen-bond donors (Lipinski definition) is 2. The molecule has 0 atom stereocenters. The van der Waals surface area contributed by atoms with E-state index in [1.54, 1.807) is 19.1 Å². The monoisotopic (exact) mass is 256 g/mol. The van der Waals surface area contributed by atoms with Crippen LogP contribution in [0.15, 0.2) is 18.2 Å². The van der Waals surface area contributed by atoms with Crippen molar-refractivity contribution in [2.75, 3.05) is 23.4 Å². The molecule has 0 radical (unpaired) electrons. The maximum Gasteiger partial charge on any atom is 0.234 e. The minimum absolute atomic E-state index is 0.115. The molecule has 1 aromatic carbocycles. The Balaban J connectivity index is 2.37. The second-order valence-corrected chi connectivity index (χ2v) is 4.81. The molecule has 0 heterocycles. The van der Waals surface area contributed by atoms with Gasteiger partial charge in [-0.3, -0.25) is 4.79 Å². The molecular formula is C12H17FN2OS. The van der Waals surface area contributed by atoms with Gasteiger partial charge in [0.1, 0.15) is 5.82 Å². The summed E-state index contributed by atoms with van der Waals surface area (Å²) in [5.74, 6) is 0.815. The van der Waals surface area contributed by atoms with Crippen LogP contribution in [0.5, 0.6) is 0 Å². The van der Waals surface area contributed by atoms with Crippen LogP contribution < -0.4 is 11.1 Å². The number of hydrogen-bond acceptors (Lipinski definition) is 3. The van der Waals surface area contributed by atoms with E-state index in [1.165, 1.54) is 17.8 Å². The lowest BCUT2D eigenvalue weighted by molar-refractivity contribution is -0.113. The molecule has 0 saturated heterocycles. The number of aryl methyl sites for hydroxylation is 1. The topological polar surface area (TPSA) is 55.1 Å². The molecule has 0 aromatic heterocycles. The fourth-order valence-electron chi connectivity index (χ4n) is 1.22. The van der Waals surface area contributed by atoms with Crippen molar-refractivity contribution >= 4 is 23.4 Å². The molecule has 1 rings (SSSR count). The lowest BCUT2D eigenvalue weighted by Crippen LogP contribution is -2.14. The number of halogens is 1. The third-order valence-corrected chi connectivity index (χ3v) is 3.23. The van der Waals surface area contributed by atoms with Crippen LogP contribution in [0.4, 0.5) is 10.1 Å². The van der Waals surface area contributed by atoms with Crippen LogP contribution in [0.3, 0.4) is 0 Å². The van der Waals surface area contributed by atoms with Gasteiger partial charge in [-0.15, -0.1) is 0 Å². The zero-order valence-corrected chi connectivity index (χ0v) is 10.6. The highest BCUT2D eigenvalue weighted by atomic mass is 32.2. The van der Waals surface area contributed by atoms with E-state index in [2.05, 4.69) is 5.32 Å². The van der Waals surface area contributed by atoms with Crippen molar-refractivity contribution in [2.24, 2.45) is 5.73 Å². The zero-order valence-electron chi connectivity index (χ0n) is 9.83. The number of nitrogens with two attached hydrogens (primary N) is 1. The summed E-state index contributed by atoms with van der Waals surface area (Å²) in [5, 5.41) is 2.66. The van der Waals surface area contributed by atoms with Gasteiger partial charge >= 0.3 is 0 Å². The summed E-state index contributed by atoms with van der Waals surface area (Å²) in [4.78, 5) is 11.5. The summed E-state index contributed by atoms with van der Waals surface area (Å²) in [6.07, 6.45) is 0.900. The molecule has 17 heavy (non-hydrogen) atoms.